The minimum Gasteiger partial charge on any atom is -0.328 e. The monoisotopic (exact) mass is 211 g/mol. The number of nitrogens with zero attached hydrogens (tertiary/aromatic N) is 2. The summed E-state index contributed by atoms with van der Waals surface area (Å²) in [6.07, 6.45) is 2.43. The van der Waals surface area contributed by atoms with E-state index in [-0.39, 0.29) is 6.03 Å². The van der Waals surface area contributed by atoms with E-state index in [2.05, 4.69) is 10.2 Å². The van der Waals surface area contributed by atoms with E-state index in [1.165, 1.54) is 6.42 Å². The summed E-state index contributed by atoms with van der Waals surface area (Å²) in [6, 6.07) is 0.649. The van der Waals surface area contributed by atoms with Crippen LogP contribution in [0.1, 0.15) is 19.8 Å². The Kier molecular flexibility index (Phi) is 3.14. The fraction of sp³-hybridized carbons (Fsp3) is 0.909. The number of fused-ring (bicyclic) bond motifs is 1. The molecule has 2 aliphatic rings. The quantitative estimate of drug-likeness (QED) is 0.694. The van der Waals surface area contributed by atoms with Crippen molar-refractivity contribution in [1.29, 1.82) is 0 Å². The van der Waals surface area contributed by atoms with E-state index in [1.807, 2.05) is 14.0 Å². The molecule has 2 saturated heterocycles. The third-order valence-corrected chi connectivity index (χ3v) is 3.73. The summed E-state index contributed by atoms with van der Waals surface area (Å²) in [5, 5.41) is 3.39. The predicted octanol–water partition coefficient (Wildman–Crippen LogP) is 0.742. The number of carbonyl (C=O) groups excluding carboxylic acids is 1. The van der Waals surface area contributed by atoms with Crippen molar-refractivity contribution in [3.8, 4) is 0 Å². The molecule has 0 aromatic heterocycles. The minimum atomic E-state index is 0.205. The number of hydrogen-bond donors (Lipinski definition) is 1. The summed E-state index contributed by atoms with van der Waals surface area (Å²) in [5.74, 6) is 0.688. The van der Waals surface area contributed by atoms with Crippen LogP contribution in [0.15, 0.2) is 0 Å². The standard InChI is InChI=1S/C11H21N3O/c1-3-13(2)11(15)14-6-4-5-9-7-12-8-10(9)14/h9-10,12H,3-8H2,1-2H3. The molecule has 2 amide bonds. The molecule has 2 unspecified atom stereocenters. The first-order chi connectivity index (χ1) is 7.24. The van der Waals surface area contributed by atoms with Crippen molar-refractivity contribution in [2.24, 2.45) is 5.92 Å². The molecule has 2 heterocycles. The highest BCUT2D eigenvalue weighted by Gasteiger charge is 2.37. The van der Waals surface area contributed by atoms with E-state index in [4.69, 9.17) is 0 Å². The minimum absolute atomic E-state index is 0.205. The molecule has 0 aromatic carbocycles. The highest BCUT2D eigenvalue weighted by atomic mass is 16.2. The van der Waals surface area contributed by atoms with Crippen molar-refractivity contribution in [1.82, 2.24) is 15.1 Å². The highest BCUT2D eigenvalue weighted by molar-refractivity contribution is 5.74. The molecular formula is C11H21N3O. The molecule has 2 atom stereocenters. The van der Waals surface area contributed by atoms with Crippen molar-refractivity contribution < 1.29 is 4.79 Å². The Morgan fingerprint density at radius 2 is 2.33 bits per heavy atom. The maximum atomic E-state index is 12.1. The van der Waals surface area contributed by atoms with Gasteiger partial charge in [-0.3, -0.25) is 0 Å². The van der Waals surface area contributed by atoms with Crippen molar-refractivity contribution in [2.45, 2.75) is 25.8 Å². The molecule has 0 bridgehead atoms. The van der Waals surface area contributed by atoms with E-state index in [1.54, 1.807) is 4.90 Å². The third kappa shape index (κ3) is 1.95. The first kappa shape index (κ1) is 10.7. The van der Waals surface area contributed by atoms with Gasteiger partial charge in [-0.15, -0.1) is 0 Å². The molecule has 0 radical (unpaired) electrons. The largest absolute Gasteiger partial charge is 0.328 e. The second kappa shape index (κ2) is 4.39. The molecule has 86 valence electrons. The first-order valence-electron chi connectivity index (χ1n) is 5.96. The van der Waals surface area contributed by atoms with Crippen LogP contribution in [0.2, 0.25) is 0 Å². The van der Waals surface area contributed by atoms with Crippen LogP contribution in [0.3, 0.4) is 0 Å². The molecule has 15 heavy (non-hydrogen) atoms. The number of piperidine rings is 1. The van der Waals surface area contributed by atoms with Crippen molar-refractivity contribution in [3.63, 3.8) is 0 Å². The third-order valence-electron chi connectivity index (χ3n) is 3.73. The predicted molar refractivity (Wildman–Crippen MR) is 59.8 cm³/mol. The van der Waals surface area contributed by atoms with Crippen LogP contribution in [-0.2, 0) is 0 Å². The molecule has 1 N–H and O–H groups in total. The van der Waals surface area contributed by atoms with E-state index >= 15 is 0 Å². The van der Waals surface area contributed by atoms with Crippen LogP contribution in [0, 0.1) is 5.92 Å². The summed E-state index contributed by atoms with van der Waals surface area (Å²) in [6.45, 7) is 5.82. The van der Waals surface area contributed by atoms with Crippen molar-refractivity contribution in [3.05, 3.63) is 0 Å². The molecule has 0 spiro atoms. The number of carbonyl (C=O) groups is 1. The number of amides is 2. The van der Waals surface area contributed by atoms with Gasteiger partial charge < -0.3 is 15.1 Å². The van der Waals surface area contributed by atoms with Crippen LogP contribution < -0.4 is 5.32 Å². The lowest BCUT2D eigenvalue weighted by atomic mass is 9.92. The van der Waals surface area contributed by atoms with Crippen LogP contribution in [-0.4, -0.2) is 55.1 Å². The lowest BCUT2D eigenvalue weighted by Crippen LogP contribution is -2.52. The fourth-order valence-electron chi connectivity index (χ4n) is 2.66. The maximum absolute atomic E-state index is 12.1. The van der Waals surface area contributed by atoms with E-state index in [9.17, 15) is 4.79 Å². The Balaban J connectivity index is 2.04. The molecule has 0 aromatic rings. The molecule has 2 fully saturated rings. The molecule has 4 heteroatoms. The van der Waals surface area contributed by atoms with Gasteiger partial charge in [0.05, 0.1) is 0 Å². The zero-order chi connectivity index (χ0) is 10.8. The topological polar surface area (TPSA) is 35.6 Å². The zero-order valence-corrected chi connectivity index (χ0v) is 9.70. The highest BCUT2D eigenvalue weighted by Crippen LogP contribution is 2.26. The molecular weight excluding hydrogens is 190 g/mol. The van der Waals surface area contributed by atoms with Gasteiger partial charge >= 0.3 is 6.03 Å². The van der Waals surface area contributed by atoms with Gasteiger partial charge in [-0.05, 0) is 25.7 Å². The van der Waals surface area contributed by atoms with Crippen molar-refractivity contribution >= 4 is 6.03 Å². The number of likely N-dealkylation sites (tertiary alicyclic amines) is 1. The Labute approximate surface area is 91.6 Å². The second-order valence-corrected chi connectivity index (χ2v) is 4.62. The lowest BCUT2D eigenvalue weighted by molar-refractivity contribution is 0.112. The zero-order valence-electron chi connectivity index (χ0n) is 9.70. The van der Waals surface area contributed by atoms with Gasteiger partial charge in [-0.1, -0.05) is 0 Å². The smallest absolute Gasteiger partial charge is 0.320 e. The lowest BCUT2D eigenvalue weighted by Gasteiger charge is -2.38. The van der Waals surface area contributed by atoms with Crippen LogP contribution in [0.5, 0.6) is 0 Å². The maximum Gasteiger partial charge on any atom is 0.320 e. The number of nitrogens with one attached hydrogen (secondary N) is 1. The number of hydrogen-bond acceptors (Lipinski definition) is 2. The number of rotatable bonds is 1. The van der Waals surface area contributed by atoms with Crippen LogP contribution in [0.4, 0.5) is 4.79 Å². The summed E-state index contributed by atoms with van der Waals surface area (Å²) in [7, 11) is 1.88. The van der Waals surface area contributed by atoms with Gasteiger partial charge in [0.2, 0.25) is 0 Å². The van der Waals surface area contributed by atoms with Gasteiger partial charge in [0.15, 0.2) is 0 Å². The van der Waals surface area contributed by atoms with E-state index < -0.39 is 0 Å². The first-order valence-corrected chi connectivity index (χ1v) is 5.96. The average Bonchev–Trinajstić information content (AvgIpc) is 2.74. The summed E-state index contributed by atoms with van der Waals surface area (Å²) >= 11 is 0. The van der Waals surface area contributed by atoms with E-state index in [0.29, 0.717) is 12.0 Å². The Morgan fingerprint density at radius 1 is 1.53 bits per heavy atom. The van der Waals surface area contributed by atoms with Crippen LogP contribution >= 0.6 is 0 Å². The van der Waals surface area contributed by atoms with Gasteiger partial charge in [-0.2, -0.15) is 0 Å². The molecule has 0 saturated carbocycles. The summed E-state index contributed by atoms with van der Waals surface area (Å²) in [5.41, 5.74) is 0. The molecule has 0 aliphatic carbocycles. The van der Waals surface area contributed by atoms with Crippen LogP contribution in [0.25, 0.3) is 0 Å². The van der Waals surface area contributed by atoms with Gasteiger partial charge in [0, 0.05) is 39.3 Å². The summed E-state index contributed by atoms with van der Waals surface area (Å²) in [4.78, 5) is 16.0. The number of urea groups is 1. The summed E-state index contributed by atoms with van der Waals surface area (Å²) < 4.78 is 0. The molecule has 2 rings (SSSR count). The normalized spacial score (nSPS) is 30.1. The fourth-order valence-corrected chi connectivity index (χ4v) is 2.66. The second-order valence-electron chi connectivity index (χ2n) is 4.62. The average molecular weight is 211 g/mol. The van der Waals surface area contributed by atoms with Gasteiger partial charge in [0.1, 0.15) is 0 Å². The van der Waals surface area contributed by atoms with Crippen molar-refractivity contribution in [2.75, 3.05) is 33.2 Å². The molecule has 4 nitrogen and oxygen atoms in total. The Morgan fingerprint density at radius 3 is 3.07 bits per heavy atom. The SMILES string of the molecule is CCN(C)C(=O)N1CCCC2CNCC21. The Hall–Kier alpha value is -0.770. The Bertz CT molecular complexity index is 244. The van der Waals surface area contributed by atoms with Gasteiger partial charge in [-0.25, -0.2) is 4.79 Å². The van der Waals surface area contributed by atoms with E-state index in [0.717, 1.165) is 32.6 Å². The molecule has 2 aliphatic heterocycles. The van der Waals surface area contributed by atoms with Gasteiger partial charge in [0.25, 0.3) is 0 Å².